The largest absolute Gasteiger partial charge is 0.726 e. The molecule has 3 N–H and O–H groups in total. The van der Waals surface area contributed by atoms with E-state index in [4.69, 9.17) is 5.26 Å². The number of rotatable bonds is 51. The van der Waals surface area contributed by atoms with Crippen LogP contribution in [0.5, 0.6) is 0 Å². The van der Waals surface area contributed by atoms with E-state index in [9.17, 15) is 22.6 Å². The topological polar surface area (TPSA) is 153 Å². The minimum atomic E-state index is -4.42. The predicted octanol–water partition coefficient (Wildman–Crippen LogP) is 13.9. The fourth-order valence-corrected chi connectivity index (χ4v) is 9.17. The van der Waals surface area contributed by atoms with Gasteiger partial charge < -0.3 is 20.1 Å². The van der Waals surface area contributed by atoms with Gasteiger partial charge >= 0.3 is 0 Å². The molecular formula is C55H110N4O6S. The zero-order chi connectivity index (χ0) is 48.9. The molecule has 0 rings (SSSR count). The minimum absolute atomic E-state index is 0.0914. The van der Waals surface area contributed by atoms with Crippen molar-refractivity contribution in [1.29, 1.82) is 5.26 Å². The first-order chi connectivity index (χ1) is 32.1. The Morgan fingerprint density at radius 2 is 0.758 bits per heavy atom. The molecule has 0 bridgehead atoms. The second-order valence-electron chi connectivity index (χ2n) is 19.5. The third kappa shape index (κ3) is 56.6. The van der Waals surface area contributed by atoms with Crippen LogP contribution in [0.1, 0.15) is 297 Å². The van der Waals surface area contributed by atoms with Crippen molar-refractivity contribution in [3.63, 3.8) is 0 Å². The van der Waals surface area contributed by atoms with Gasteiger partial charge in [0, 0.05) is 25.7 Å². The van der Waals surface area contributed by atoms with Gasteiger partial charge in [-0.05, 0) is 26.7 Å². The molecule has 392 valence electrons. The van der Waals surface area contributed by atoms with Crippen molar-refractivity contribution in [1.82, 2.24) is 10.6 Å². The molecule has 0 fully saturated rings. The van der Waals surface area contributed by atoms with E-state index < -0.39 is 10.4 Å². The summed E-state index contributed by atoms with van der Waals surface area (Å²) in [6.45, 7) is 11.1. The van der Waals surface area contributed by atoms with Gasteiger partial charge in [0.15, 0.2) is 0 Å². The summed E-state index contributed by atoms with van der Waals surface area (Å²) in [7, 11) is -4.42. The number of amides is 2. The number of unbranched alkanes of at least 4 members (excludes halogenated alkanes) is 36. The molecule has 0 saturated heterocycles. The van der Waals surface area contributed by atoms with Gasteiger partial charge in [0.1, 0.15) is 0 Å². The van der Waals surface area contributed by atoms with Crippen LogP contribution in [0, 0.1) is 11.3 Å². The van der Waals surface area contributed by atoms with Gasteiger partial charge in [0.25, 0.3) is 0 Å². The van der Waals surface area contributed by atoms with Crippen LogP contribution < -0.4 is 15.5 Å². The van der Waals surface area contributed by atoms with Crippen molar-refractivity contribution in [2.45, 2.75) is 303 Å². The minimum Gasteiger partial charge on any atom is -0.726 e. The van der Waals surface area contributed by atoms with E-state index >= 15 is 0 Å². The van der Waals surface area contributed by atoms with Crippen LogP contribution in [0.3, 0.4) is 0 Å². The molecule has 0 aliphatic carbocycles. The molecule has 0 saturated carbocycles. The summed E-state index contributed by atoms with van der Waals surface area (Å²) in [6.07, 6.45) is 54.3. The van der Waals surface area contributed by atoms with Gasteiger partial charge in [-0.1, -0.05) is 245 Å². The Kier molecular flexibility index (Phi) is 54.5. The van der Waals surface area contributed by atoms with Gasteiger partial charge in [0.05, 0.1) is 44.9 Å². The zero-order valence-electron chi connectivity index (χ0n) is 44.1. The molecular weight excluding hydrogens is 845 g/mol. The second kappa shape index (κ2) is 54.2. The molecule has 0 aromatic rings. The molecule has 0 spiro atoms. The van der Waals surface area contributed by atoms with E-state index in [1.165, 1.54) is 230 Å². The number of hydrogen-bond acceptors (Lipinski definition) is 7. The summed E-state index contributed by atoms with van der Waals surface area (Å²) >= 11 is 0. The van der Waals surface area contributed by atoms with Crippen molar-refractivity contribution in [3.8, 4) is 6.07 Å². The van der Waals surface area contributed by atoms with E-state index in [1.54, 1.807) is 0 Å². The van der Waals surface area contributed by atoms with Crippen molar-refractivity contribution in [3.05, 3.63) is 0 Å². The lowest BCUT2D eigenvalue weighted by atomic mass is 10.0. The molecule has 1 unspecified atom stereocenters. The maximum Gasteiger partial charge on any atom is 0.220 e. The monoisotopic (exact) mass is 955 g/mol. The van der Waals surface area contributed by atoms with E-state index in [-0.39, 0.29) is 18.4 Å². The Morgan fingerprint density at radius 3 is 0.970 bits per heavy atom. The first-order valence-electron chi connectivity index (χ1n) is 28.5. The first-order valence-corrected chi connectivity index (χ1v) is 29.8. The third-order valence-electron chi connectivity index (χ3n) is 13.2. The van der Waals surface area contributed by atoms with Crippen molar-refractivity contribution in [2.24, 2.45) is 0 Å². The molecule has 0 aliphatic rings. The van der Waals surface area contributed by atoms with Crippen LogP contribution in [0.4, 0.5) is 0 Å². The van der Waals surface area contributed by atoms with Gasteiger partial charge in [-0.25, -0.2) is 8.42 Å². The fraction of sp³-hybridized carbons (Fsp3) is 0.945. The summed E-state index contributed by atoms with van der Waals surface area (Å²) in [4.78, 5) is 26.4. The number of quaternary nitrogens is 1. The highest BCUT2D eigenvalue weighted by Crippen LogP contribution is 2.17. The van der Waals surface area contributed by atoms with Crippen LogP contribution >= 0.6 is 0 Å². The summed E-state index contributed by atoms with van der Waals surface area (Å²) in [5.74, 6) is 0.322. The van der Waals surface area contributed by atoms with Crippen LogP contribution in [-0.2, 0) is 24.2 Å². The van der Waals surface area contributed by atoms with Crippen LogP contribution in [0.15, 0.2) is 0 Å². The molecule has 0 aliphatic heterocycles. The number of carbonyl (C=O) groups is 2. The lowest BCUT2D eigenvalue weighted by Crippen LogP contribution is -3.16. The Labute approximate surface area is 410 Å². The lowest BCUT2D eigenvalue weighted by molar-refractivity contribution is -0.921. The summed E-state index contributed by atoms with van der Waals surface area (Å²) in [6, 6.07) is 2.61. The van der Waals surface area contributed by atoms with Gasteiger partial charge in [-0.2, -0.15) is 5.26 Å². The van der Waals surface area contributed by atoms with E-state index in [1.807, 2.05) is 0 Å². The molecule has 2 amide bonds. The van der Waals surface area contributed by atoms with Gasteiger partial charge in [-0.3, -0.25) is 13.8 Å². The Hall–Kier alpha value is -1.74. The van der Waals surface area contributed by atoms with Crippen molar-refractivity contribution >= 4 is 22.2 Å². The highest BCUT2D eigenvalue weighted by molar-refractivity contribution is 7.80. The van der Waals surface area contributed by atoms with Crippen LogP contribution in [0.2, 0.25) is 0 Å². The number of nitriles is 1. The highest BCUT2D eigenvalue weighted by Gasteiger charge is 2.18. The number of nitrogens with zero attached hydrogens (tertiary/aromatic N) is 1. The summed E-state index contributed by atoms with van der Waals surface area (Å²) < 4.78 is 32.0. The third-order valence-corrected chi connectivity index (χ3v) is 13.7. The Balaban J connectivity index is 0. The van der Waals surface area contributed by atoms with E-state index in [2.05, 4.69) is 41.7 Å². The zero-order valence-corrected chi connectivity index (χ0v) is 44.9. The second-order valence-corrected chi connectivity index (χ2v) is 20.6. The highest BCUT2D eigenvalue weighted by atomic mass is 32.3. The van der Waals surface area contributed by atoms with Crippen molar-refractivity contribution < 1.29 is 31.6 Å². The average Bonchev–Trinajstić information content (AvgIpc) is 3.29. The quantitative estimate of drug-likeness (QED) is 0.0312. The van der Waals surface area contributed by atoms with E-state index in [0.29, 0.717) is 38.4 Å². The van der Waals surface area contributed by atoms with Crippen molar-refractivity contribution in [2.75, 3.05) is 32.8 Å². The van der Waals surface area contributed by atoms with E-state index in [0.717, 1.165) is 45.2 Å². The Morgan fingerprint density at radius 1 is 0.500 bits per heavy atom. The molecule has 0 radical (unpaired) electrons. The number of nitrogens with one attached hydrogen (secondary N) is 3. The first kappa shape index (κ1) is 66.3. The molecule has 0 aromatic heterocycles. The smallest absolute Gasteiger partial charge is 0.220 e. The predicted molar refractivity (Wildman–Crippen MR) is 278 cm³/mol. The maximum atomic E-state index is 12.5. The molecule has 10 nitrogen and oxygen atoms in total. The molecule has 11 heteroatoms. The molecule has 0 heterocycles. The summed E-state index contributed by atoms with van der Waals surface area (Å²) in [5.41, 5.74) is 0. The average molecular weight is 956 g/mol. The van der Waals surface area contributed by atoms with Gasteiger partial charge in [-0.15, -0.1) is 0 Å². The molecule has 1 atom stereocenters. The fourth-order valence-electron chi connectivity index (χ4n) is 8.88. The standard InChI is InChI=1S/C53H104N4O2.C2H6O4S/c1-4-6-8-10-12-14-16-18-20-22-24-26-28-30-32-34-36-38-40-44-52(58)55-47-49-57(51(3)43-42-46-54)50-48-56-53(59)45-41-39-37-35-33-31-29-27-25-23-21-19-17-15-13-11-9-7-5-2;1-2-6-7(3,4)5/h51H,4-45,47-50H2,1-3H3,(H,55,58)(H,56,59);2H2,1H3,(H,3,4,5). The normalized spacial score (nSPS) is 11.9. The maximum absolute atomic E-state index is 12.5. The number of carbonyl (C=O) groups excluding carboxylic acids is 2. The Bertz CT molecular complexity index is 1110. The lowest BCUT2D eigenvalue weighted by Gasteiger charge is -2.26. The van der Waals surface area contributed by atoms with Crippen LogP contribution in [-0.4, -0.2) is 63.6 Å². The van der Waals surface area contributed by atoms with Crippen LogP contribution in [0.25, 0.3) is 0 Å². The number of hydrogen-bond donors (Lipinski definition) is 3. The molecule has 0 aromatic carbocycles. The van der Waals surface area contributed by atoms with Gasteiger partial charge in [0.2, 0.25) is 22.2 Å². The summed E-state index contributed by atoms with van der Waals surface area (Å²) in [5, 5.41) is 15.4. The molecule has 66 heavy (non-hydrogen) atoms. The SMILES string of the molecule is CCCCCCCCCCCCCCCCCCCCCC(=O)NCC[NH+](CCNC(=O)CCCCCCCCCCCCCCCCCCCCC)C(C)CCC#N.CCOS(=O)(=O)[O-].